The summed E-state index contributed by atoms with van der Waals surface area (Å²) >= 11 is 0. The molecule has 3 nitrogen and oxygen atoms in total. The van der Waals surface area contributed by atoms with Gasteiger partial charge in [0.1, 0.15) is 0 Å². The van der Waals surface area contributed by atoms with E-state index in [-0.39, 0.29) is 12.1 Å². The van der Waals surface area contributed by atoms with Crippen LogP contribution in [-0.4, -0.2) is 37.0 Å². The van der Waals surface area contributed by atoms with E-state index in [1.54, 1.807) is 0 Å². The Bertz CT molecular complexity index is 95.6. The Morgan fingerprint density at radius 2 is 2.50 bits per heavy atom. The molecule has 2 N–H and O–H groups in total. The quantitative estimate of drug-likeness (QED) is 0.563. The second-order valence-electron chi connectivity index (χ2n) is 2.60. The Balaban J connectivity index is 2.25. The van der Waals surface area contributed by atoms with Crippen LogP contribution in [0.3, 0.4) is 0 Å². The van der Waals surface area contributed by atoms with Crippen molar-refractivity contribution in [1.29, 1.82) is 0 Å². The molecule has 0 aliphatic carbocycles. The monoisotopic (exact) mass is 145 g/mol. The summed E-state index contributed by atoms with van der Waals surface area (Å²) in [5.74, 6) is 0. The zero-order valence-electron chi connectivity index (χ0n) is 6.34. The molecule has 2 atom stereocenters. The second-order valence-corrected chi connectivity index (χ2v) is 2.60. The lowest BCUT2D eigenvalue weighted by atomic mass is 10.1. The number of hydrogen-bond donors (Lipinski definition) is 2. The van der Waals surface area contributed by atoms with Gasteiger partial charge in [0, 0.05) is 12.6 Å². The fourth-order valence-corrected chi connectivity index (χ4v) is 1.22. The molecule has 1 aliphatic rings. The third-order valence-electron chi connectivity index (χ3n) is 1.79. The van der Waals surface area contributed by atoms with Crippen LogP contribution in [-0.2, 0) is 4.74 Å². The second kappa shape index (κ2) is 3.91. The first kappa shape index (κ1) is 7.98. The molecule has 3 heteroatoms. The van der Waals surface area contributed by atoms with E-state index in [9.17, 15) is 5.11 Å². The molecule has 0 aromatic carbocycles. The van der Waals surface area contributed by atoms with E-state index in [0.717, 1.165) is 19.6 Å². The molecule has 1 saturated heterocycles. The first-order valence-electron chi connectivity index (χ1n) is 3.83. The number of nitrogens with one attached hydrogen (secondary N) is 1. The highest BCUT2D eigenvalue weighted by molar-refractivity contribution is 4.77. The van der Waals surface area contributed by atoms with Crippen LogP contribution in [0.2, 0.25) is 0 Å². The zero-order chi connectivity index (χ0) is 7.40. The van der Waals surface area contributed by atoms with Crippen LogP contribution in [0.15, 0.2) is 0 Å². The summed E-state index contributed by atoms with van der Waals surface area (Å²) in [4.78, 5) is 0. The number of likely N-dealkylation sites (N-methyl/N-ethyl adjacent to an activating group) is 1. The highest BCUT2D eigenvalue weighted by atomic mass is 16.5. The first-order valence-corrected chi connectivity index (χ1v) is 3.83. The van der Waals surface area contributed by atoms with Gasteiger partial charge in [0.15, 0.2) is 0 Å². The fraction of sp³-hybridized carbons (Fsp3) is 1.00. The lowest BCUT2D eigenvalue weighted by Gasteiger charge is -2.27. The fourth-order valence-electron chi connectivity index (χ4n) is 1.22. The van der Waals surface area contributed by atoms with E-state index in [0.29, 0.717) is 6.61 Å². The van der Waals surface area contributed by atoms with Crippen LogP contribution in [0.4, 0.5) is 0 Å². The van der Waals surface area contributed by atoms with Crippen molar-refractivity contribution in [1.82, 2.24) is 5.32 Å². The van der Waals surface area contributed by atoms with Crippen molar-refractivity contribution >= 4 is 0 Å². The van der Waals surface area contributed by atoms with Crippen molar-refractivity contribution in [2.24, 2.45) is 0 Å². The van der Waals surface area contributed by atoms with E-state index < -0.39 is 0 Å². The maximum Gasteiger partial charge on any atom is 0.0927 e. The van der Waals surface area contributed by atoms with Gasteiger partial charge in [-0.05, 0) is 13.0 Å². The van der Waals surface area contributed by atoms with Crippen molar-refractivity contribution in [3.05, 3.63) is 0 Å². The van der Waals surface area contributed by atoms with Crippen molar-refractivity contribution < 1.29 is 9.84 Å². The van der Waals surface area contributed by atoms with Crippen LogP contribution in [0.5, 0.6) is 0 Å². The summed E-state index contributed by atoms with van der Waals surface area (Å²) in [7, 11) is 0. The minimum absolute atomic E-state index is 0.249. The number of ether oxygens (including phenoxy) is 1. The summed E-state index contributed by atoms with van der Waals surface area (Å²) in [5.41, 5.74) is 0. The standard InChI is InChI=1S/C7H15NO2/c1-2-8-6-3-4-10-5-7(6)9/h6-9H,2-5H2,1H3/t6-,7-/m1/s1. The van der Waals surface area contributed by atoms with Crippen LogP contribution in [0.1, 0.15) is 13.3 Å². The average Bonchev–Trinajstić information content (AvgIpc) is 1.94. The number of hydrogen-bond acceptors (Lipinski definition) is 3. The predicted molar refractivity (Wildman–Crippen MR) is 38.9 cm³/mol. The molecule has 0 radical (unpaired) electrons. The van der Waals surface area contributed by atoms with Gasteiger partial charge in [0.2, 0.25) is 0 Å². The van der Waals surface area contributed by atoms with Gasteiger partial charge < -0.3 is 15.2 Å². The Hall–Kier alpha value is -0.120. The summed E-state index contributed by atoms with van der Waals surface area (Å²) in [6, 6.07) is 0.249. The van der Waals surface area contributed by atoms with Crippen molar-refractivity contribution in [3.8, 4) is 0 Å². The molecule has 0 aromatic heterocycles. The van der Waals surface area contributed by atoms with Crippen LogP contribution < -0.4 is 5.32 Å². The first-order chi connectivity index (χ1) is 4.84. The van der Waals surface area contributed by atoms with Gasteiger partial charge in [-0.1, -0.05) is 6.92 Å². The summed E-state index contributed by atoms with van der Waals surface area (Å²) in [5, 5.41) is 12.5. The highest BCUT2D eigenvalue weighted by Crippen LogP contribution is 2.06. The van der Waals surface area contributed by atoms with Crippen molar-refractivity contribution in [2.75, 3.05) is 19.8 Å². The molecule has 0 unspecified atom stereocenters. The Kier molecular flexibility index (Phi) is 3.12. The number of aliphatic hydroxyl groups excluding tert-OH is 1. The molecular weight excluding hydrogens is 130 g/mol. The number of aliphatic hydroxyl groups is 1. The lowest BCUT2D eigenvalue weighted by molar-refractivity contribution is -0.0271. The summed E-state index contributed by atoms with van der Waals surface area (Å²) in [6.45, 7) is 4.22. The van der Waals surface area contributed by atoms with Gasteiger partial charge >= 0.3 is 0 Å². The normalized spacial score (nSPS) is 34.2. The molecule has 0 bridgehead atoms. The lowest BCUT2D eigenvalue weighted by Crippen LogP contribution is -2.46. The van der Waals surface area contributed by atoms with E-state index >= 15 is 0 Å². The summed E-state index contributed by atoms with van der Waals surface area (Å²) < 4.78 is 5.07. The molecule has 1 fully saturated rings. The van der Waals surface area contributed by atoms with Crippen LogP contribution in [0.25, 0.3) is 0 Å². The Morgan fingerprint density at radius 3 is 3.10 bits per heavy atom. The van der Waals surface area contributed by atoms with Gasteiger partial charge in [-0.2, -0.15) is 0 Å². The molecule has 1 rings (SSSR count). The average molecular weight is 145 g/mol. The molecule has 60 valence electrons. The van der Waals surface area contributed by atoms with Crippen molar-refractivity contribution in [3.63, 3.8) is 0 Å². The molecule has 0 aromatic rings. The number of rotatable bonds is 2. The Labute approximate surface area is 61.4 Å². The smallest absolute Gasteiger partial charge is 0.0927 e. The maximum absolute atomic E-state index is 9.31. The third-order valence-corrected chi connectivity index (χ3v) is 1.79. The highest BCUT2D eigenvalue weighted by Gasteiger charge is 2.21. The van der Waals surface area contributed by atoms with Crippen LogP contribution in [0, 0.1) is 0 Å². The van der Waals surface area contributed by atoms with Gasteiger partial charge in [0.25, 0.3) is 0 Å². The largest absolute Gasteiger partial charge is 0.389 e. The molecule has 1 aliphatic heterocycles. The molecule has 0 saturated carbocycles. The molecule has 1 heterocycles. The van der Waals surface area contributed by atoms with Gasteiger partial charge in [-0.25, -0.2) is 0 Å². The van der Waals surface area contributed by atoms with Gasteiger partial charge in [-0.3, -0.25) is 0 Å². The molecular formula is C7H15NO2. The van der Waals surface area contributed by atoms with Crippen LogP contribution >= 0.6 is 0 Å². The van der Waals surface area contributed by atoms with E-state index in [1.807, 2.05) is 6.92 Å². The van der Waals surface area contributed by atoms with Gasteiger partial charge in [-0.15, -0.1) is 0 Å². The van der Waals surface area contributed by atoms with Gasteiger partial charge in [0.05, 0.1) is 12.7 Å². The van der Waals surface area contributed by atoms with E-state index in [4.69, 9.17) is 4.74 Å². The van der Waals surface area contributed by atoms with E-state index in [1.165, 1.54) is 0 Å². The van der Waals surface area contributed by atoms with E-state index in [2.05, 4.69) is 5.32 Å². The topological polar surface area (TPSA) is 41.5 Å². The SMILES string of the molecule is CCN[C@@H]1CCOC[C@H]1O. The zero-order valence-corrected chi connectivity index (χ0v) is 6.34. The molecule has 0 spiro atoms. The Morgan fingerprint density at radius 1 is 1.70 bits per heavy atom. The maximum atomic E-state index is 9.31. The predicted octanol–water partition coefficient (Wildman–Crippen LogP) is -0.254. The third kappa shape index (κ3) is 1.94. The minimum atomic E-state index is -0.311. The van der Waals surface area contributed by atoms with Crippen molar-refractivity contribution in [2.45, 2.75) is 25.5 Å². The minimum Gasteiger partial charge on any atom is -0.389 e. The summed E-state index contributed by atoms with van der Waals surface area (Å²) in [6.07, 6.45) is 0.614. The molecule has 10 heavy (non-hydrogen) atoms. The molecule has 0 amide bonds.